The van der Waals surface area contributed by atoms with E-state index in [0.29, 0.717) is 0 Å². The molecule has 3 N–H and O–H groups in total. The van der Waals surface area contributed by atoms with E-state index >= 15 is 0 Å². The lowest BCUT2D eigenvalue weighted by Gasteiger charge is -2.06. The van der Waals surface area contributed by atoms with Crippen molar-refractivity contribution in [3.63, 3.8) is 0 Å². The predicted octanol–water partition coefficient (Wildman–Crippen LogP) is 1.40. The fourth-order valence-electron chi connectivity index (χ4n) is 0.878. The van der Waals surface area contributed by atoms with Crippen LogP contribution in [-0.2, 0) is 0 Å². The number of rotatable bonds is 2. The minimum atomic E-state index is 0.745. The minimum Gasteiger partial charge on any atom is -0.396 e. The van der Waals surface area contributed by atoms with E-state index in [1.807, 2.05) is 19.9 Å². The van der Waals surface area contributed by atoms with Gasteiger partial charge in [0.15, 0.2) is 0 Å². The summed E-state index contributed by atoms with van der Waals surface area (Å²) in [6.45, 7) is 4.84. The molecule has 0 amide bonds. The lowest BCUT2D eigenvalue weighted by atomic mass is 10.2. The third-order valence-electron chi connectivity index (χ3n) is 1.55. The van der Waals surface area contributed by atoms with Gasteiger partial charge in [0.05, 0.1) is 5.69 Å². The largest absolute Gasteiger partial charge is 0.396 e. The monoisotopic (exact) mass is 151 g/mol. The van der Waals surface area contributed by atoms with Gasteiger partial charge in [0.25, 0.3) is 0 Å². The Morgan fingerprint density at radius 3 is 3.00 bits per heavy atom. The molecule has 0 bridgehead atoms. The molecule has 60 valence electrons. The fourth-order valence-corrected chi connectivity index (χ4v) is 0.878. The van der Waals surface area contributed by atoms with Gasteiger partial charge in [-0.05, 0) is 25.5 Å². The van der Waals surface area contributed by atoms with Crippen molar-refractivity contribution in [1.29, 1.82) is 0 Å². The molecule has 0 saturated carbocycles. The molecule has 3 nitrogen and oxygen atoms in total. The zero-order chi connectivity index (χ0) is 8.27. The van der Waals surface area contributed by atoms with Crippen LogP contribution in [0.25, 0.3) is 0 Å². The Balaban J connectivity index is 2.96. The van der Waals surface area contributed by atoms with Crippen LogP contribution in [0.2, 0.25) is 0 Å². The number of aryl methyl sites for hydroxylation is 1. The molecule has 0 atom stereocenters. The summed E-state index contributed by atoms with van der Waals surface area (Å²) in [6.07, 6.45) is 1.75. The van der Waals surface area contributed by atoms with Crippen molar-refractivity contribution in [3.8, 4) is 0 Å². The van der Waals surface area contributed by atoms with Crippen LogP contribution in [0.1, 0.15) is 12.5 Å². The molecule has 1 aromatic heterocycles. The summed E-state index contributed by atoms with van der Waals surface area (Å²) in [6, 6.07) is 1.90. The first kappa shape index (κ1) is 7.85. The third-order valence-corrected chi connectivity index (χ3v) is 1.55. The summed E-state index contributed by atoms with van der Waals surface area (Å²) in [5, 5.41) is 3.08. The van der Waals surface area contributed by atoms with Crippen molar-refractivity contribution in [2.45, 2.75) is 13.8 Å². The van der Waals surface area contributed by atoms with Crippen LogP contribution in [-0.4, -0.2) is 11.5 Å². The molecule has 3 heteroatoms. The highest BCUT2D eigenvalue weighted by molar-refractivity contribution is 5.64. The molecule has 1 heterocycles. The zero-order valence-corrected chi connectivity index (χ0v) is 6.89. The van der Waals surface area contributed by atoms with Crippen molar-refractivity contribution in [2.75, 3.05) is 17.6 Å². The van der Waals surface area contributed by atoms with E-state index in [9.17, 15) is 0 Å². The molecule has 1 rings (SSSR count). The Hall–Kier alpha value is -1.25. The van der Waals surface area contributed by atoms with Gasteiger partial charge in [-0.1, -0.05) is 0 Å². The number of aromatic nitrogens is 1. The summed E-state index contributed by atoms with van der Waals surface area (Å²) in [5.74, 6) is 0.785. The van der Waals surface area contributed by atoms with E-state index in [-0.39, 0.29) is 0 Å². The van der Waals surface area contributed by atoms with Crippen LogP contribution in [0.3, 0.4) is 0 Å². The molecule has 1 aromatic rings. The van der Waals surface area contributed by atoms with Gasteiger partial charge in [-0.2, -0.15) is 0 Å². The second kappa shape index (κ2) is 3.23. The molecule has 11 heavy (non-hydrogen) atoms. The summed E-state index contributed by atoms with van der Waals surface area (Å²) in [5.41, 5.74) is 7.55. The standard InChI is InChI=1S/C8H13N3/c1-3-10-8-7(9)6(2)4-5-11-8/h4-5H,3,9H2,1-2H3,(H,10,11). The average molecular weight is 151 g/mol. The molecule has 0 aliphatic heterocycles. The van der Waals surface area contributed by atoms with Crippen molar-refractivity contribution in [2.24, 2.45) is 0 Å². The smallest absolute Gasteiger partial charge is 0.149 e. The zero-order valence-electron chi connectivity index (χ0n) is 6.89. The highest BCUT2D eigenvalue weighted by Crippen LogP contribution is 2.17. The van der Waals surface area contributed by atoms with Gasteiger partial charge in [-0.15, -0.1) is 0 Å². The number of nitrogens with one attached hydrogen (secondary N) is 1. The fraction of sp³-hybridized carbons (Fsp3) is 0.375. The summed E-state index contributed by atoms with van der Waals surface area (Å²) >= 11 is 0. The number of nitrogens with two attached hydrogens (primary N) is 1. The molecule has 0 unspecified atom stereocenters. The van der Waals surface area contributed by atoms with E-state index in [0.717, 1.165) is 23.6 Å². The van der Waals surface area contributed by atoms with Crippen LogP contribution in [0, 0.1) is 6.92 Å². The first-order valence-electron chi connectivity index (χ1n) is 3.70. The Bertz CT molecular complexity index is 245. The molecule has 0 saturated heterocycles. The molecular weight excluding hydrogens is 138 g/mol. The first-order chi connectivity index (χ1) is 5.25. The topological polar surface area (TPSA) is 50.9 Å². The number of nitrogen functional groups attached to an aromatic ring is 1. The minimum absolute atomic E-state index is 0.745. The van der Waals surface area contributed by atoms with Crippen LogP contribution in [0.5, 0.6) is 0 Å². The van der Waals surface area contributed by atoms with Crippen LogP contribution in [0.4, 0.5) is 11.5 Å². The van der Waals surface area contributed by atoms with Gasteiger partial charge in [-0.3, -0.25) is 0 Å². The molecule has 0 aromatic carbocycles. The summed E-state index contributed by atoms with van der Waals surface area (Å²) in [7, 11) is 0. The molecule has 0 fully saturated rings. The first-order valence-corrected chi connectivity index (χ1v) is 3.70. The second-order valence-corrected chi connectivity index (χ2v) is 2.42. The maximum Gasteiger partial charge on any atom is 0.149 e. The molecular formula is C8H13N3. The normalized spacial score (nSPS) is 9.64. The van der Waals surface area contributed by atoms with Gasteiger partial charge in [0, 0.05) is 12.7 Å². The van der Waals surface area contributed by atoms with Gasteiger partial charge >= 0.3 is 0 Å². The Labute approximate surface area is 66.6 Å². The lowest BCUT2D eigenvalue weighted by molar-refractivity contribution is 1.15. The van der Waals surface area contributed by atoms with E-state index in [4.69, 9.17) is 5.73 Å². The van der Waals surface area contributed by atoms with Gasteiger partial charge < -0.3 is 11.1 Å². The quantitative estimate of drug-likeness (QED) is 0.671. The number of hydrogen-bond donors (Lipinski definition) is 2. The van der Waals surface area contributed by atoms with Gasteiger partial charge in [0.2, 0.25) is 0 Å². The molecule has 0 radical (unpaired) electrons. The van der Waals surface area contributed by atoms with Crippen LogP contribution >= 0.6 is 0 Å². The number of hydrogen-bond acceptors (Lipinski definition) is 3. The van der Waals surface area contributed by atoms with E-state index < -0.39 is 0 Å². The summed E-state index contributed by atoms with van der Waals surface area (Å²) < 4.78 is 0. The van der Waals surface area contributed by atoms with Crippen LogP contribution in [0.15, 0.2) is 12.3 Å². The molecule has 0 spiro atoms. The van der Waals surface area contributed by atoms with E-state index in [1.54, 1.807) is 6.20 Å². The van der Waals surface area contributed by atoms with Gasteiger partial charge in [0.1, 0.15) is 5.82 Å². The maximum atomic E-state index is 5.74. The van der Waals surface area contributed by atoms with E-state index in [1.165, 1.54) is 0 Å². The van der Waals surface area contributed by atoms with Crippen molar-refractivity contribution >= 4 is 11.5 Å². The number of anilines is 2. The average Bonchev–Trinajstić information content (AvgIpc) is 1.99. The molecule has 0 aliphatic carbocycles. The van der Waals surface area contributed by atoms with Crippen molar-refractivity contribution < 1.29 is 0 Å². The van der Waals surface area contributed by atoms with Crippen LogP contribution < -0.4 is 11.1 Å². The second-order valence-electron chi connectivity index (χ2n) is 2.42. The lowest BCUT2D eigenvalue weighted by Crippen LogP contribution is -2.04. The van der Waals surface area contributed by atoms with Crippen molar-refractivity contribution in [3.05, 3.63) is 17.8 Å². The highest BCUT2D eigenvalue weighted by Gasteiger charge is 1.99. The number of pyridine rings is 1. The molecule has 0 aliphatic rings. The maximum absolute atomic E-state index is 5.74. The SMILES string of the molecule is CCNc1nccc(C)c1N. The van der Waals surface area contributed by atoms with E-state index in [2.05, 4.69) is 10.3 Å². The predicted molar refractivity (Wildman–Crippen MR) is 47.6 cm³/mol. The Morgan fingerprint density at radius 2 is 2.36 bits per heavy atom. The number of nitrogens with zero attached hydrogens (tertiary/aromatic N) is 1. The Morgan fingerprint density at radius 1 is 1.64 bits per heavy atom. The van der Waals surface area contributed by atoms with Gasteiger partial charge in [-0.25, -0.2) is 4.98 Å². The van der Waals surface area contributed by atoms with Crippen molar-refractivity contribution in [1.82, 2.24) is 4.98 Å². The Kier molecular flexibility index (Phi) is 2.31. The highest BCUT2D eigenvalue weighted by atomic mass is 15.0. The summed E-state index contributed by atoms with van der Waals surface area (Å²) in [4.78, 5) is 4.09. The third kappa shape index (κ3) is 1.61.